The van der Waals surface area contributed by atoms with Crippen LogP contribution in [0.1, 0.15) is 49.4 Å². The monoisotopic (exact) mass is 179 g/mol. The van der Waals surface area contributed by atoms with Crippen molar-refractivity contribution in [3.05, 3.63) is 17.5 Å². The van der Waals surface area contributed by atoms with Crippen molar-refractivity contribution in [3.8, 4) is 0 Å². The van der Waals surface area contributed by atoms with Gasteiger partial charge in [0.15, 0.2) is 0 Å². The number of aromatic nitrogens is 2. The van der Waals surface area contributed by atoms with Crippen molar-refractivity contribution >= 4 is 0 Å². The Morgan fingerprint density at radius 3 is 2.77 bits per heavy atom. The van der Waals surface area contributed by atoms with Gasteiger partial charge in [0.05, 0.1) is 11.9 Å². The van der Waals surface area contributed by atoms with Gasteiger partial charge in [-0.15, -0.1) is 0 Å². The van der Waals surface area contributed by atoms with Crippen LogP contribution in [0.3, 0.4) is 0 Å². The minimum Gasteiger partial charge on any atom is -0.323 e. The Hall–Kier alpha value is -0.830. The van der Waals surface area contributed by atoms with Crippen molar-refractivity contribution in [2.24, 2.45) is 12.8 Å². The lowest BCUT2D eigenvalue weighted by Crippen LogP contribution is -2.17. The highest BCUT2D eigenvalue weighted by molar-refractivity contribution is 5.26. The first-order valence-electron chi connectivity index (χ1n) is 4.97. The van der Waals surface area contributed by atoms with Gasteiger partial charge in [0.2, 0.25) is 0 Å². The zero-order chi connectivity index (χ0) is 9.42. The van der Waals surface area contributed by atoms with Crippen molar-refractivity contribution in [2.45, 2.75) is 38.1 Å². The fourth-order valence-corrected chi connectivity index (χ4v) is 2.06. The number of rotatable bonds is 2. The van der Waals surface area contributed by atoms with Crippen LogP contribution in [0.2, 0.25) is 0 Å². The minimum absolute atomic E-state index is 0.100. The van der Waals surface area contributed by atoms with Gasteiger partial charge in [-0.25, -0.2) is 0 Å². The molecule has 0 saturated heterocycles. The molecule has 0 aliphatic heterocycles. The summed E-state index contributed by atoms with van der Waals surface area (Å²) in [7, 11) is 1.97. The molecular formula is C10H17N3. The van der Waals surface area contributed by atoms with Crippen molar-refractivity contribution in [2.75, 3.05) is 0 Å². The molecule has 3 nitrogen and oxygen atoms in total. The molecule has 3 heteroatoms. The number of aryl methyl sites for hydroxylation is 1. The molecule has 1 aromatic heterocycles. The molecule has 1 atom stereocenters. The standard InChI is InChI=1S/C10H17N3/c1-7(11)10-9(6-12-13(10)2)8-4-3-5-8/h6-8H,3-5,11H2,1-2H3. The Kier molecular flexibility index (Phi) is 2.12. The lowest BCUT2D eigenvalue weighted by Gasteiger charge is -2.26. The normalized spacial score (nSPS) is 19.9. The van der Waals surface area contributed by atoms with E-state index >= 15 is 0 Å². The molecule has 1 fully saturated rings. The molecular weight excluding hydrogens is 162 g/mol. The highest BCUT2D eigenvalue weighted by Crippen LogP contribution is 2.38. The molecule has 1 aromatic rings. The zero-order valence-corrected chi connectivity index (χ0v) is 8.33. The maximum Gasteiger partial charge on any atom is 0.0580 e. The van der Waals surface area contributed by atoms with E-state index in [-0.39, 0.29) is 6.04 Å². The molecule has 2 N–H and O–H groups in total. The first kappa shape index (κ1) is 8.75. The number of hydrogen-bond acceptors (Lipinski definition) is 2. The average molecular weight is 179 g/mol. The second-order valence-corrected chi connectivity index (χ2v) is 4.03. The average Bonchev–Trinajstić information content (AvgIpc) is 2.28. The van der Waals surface area contributed by atoms with Crippen LogP contribution in [0, 0.1) is 0 Å². The fourth-order valence-electron chi connectivity index (χ4n) is 2.06. The first-order valence-corrected chi connectivity index (χ1v) is 4.97. The molecule has 1 heterocycles. The van der Waals surface area contributed by atoms with E-state index in [4.69, 9.17) is 5.73 Å². The maximum absolute atomic E-state index is 5.92. The van der Waals surface area contributed by atoms with Gasteiger partial charge in [0, 0.05) is 13.1 Å². The predicted molar refractivity (Wildman–Crippen MR) is 52.4 cm³/mol. The lowest BCUT2D eigenvalue weighted by atomic mass is 9.79. The van der Waals surface area contributed by atoms with Crippen LogP contribution in [-0.2, 0) is 7.05 Å². The molecule has 0 spiro atoms. The smallest absolute Gasteiger partial charge is 0.0580 e. The van der Waals surface area contributed by atoms with Crippen LogP contribution >= 0.6 is 0 Å². The fraction of sp³-hybridized carbons (Fsp3) is 0.700. The van der Waals surface area contributed by atoms with Gasteiger partial charge in [-0.1, -0.05) is 6.42 Å². The summed E-state index contributed by atoms with van der Waals surface area (Å²) >= 11 is 0. The Morgan fingerprint density at radius 2 is 2.31 bits per heavy atom. The third-order valence-electron chi connectivity index (χ3n) is 2.99. The van der Waals surface area contributed by atoms with Crippen LogP contribution in [0.25, 0.3) is 0 Å². The summed E-state index contributed by atoms with van der Waals surface area (Å²) in [5.41, 5.74) is 8.51. The van der Waals surface area contributed by atoms with E-state index in [2.05, 4.69) is 5.10 Å². The highest BCUT2D eigenvalue weighted by atomic mass is 15.3. The molecule has 0 aromatic carbocycles. The van der Waals surface area contributed by atoms with Gasteiger partial charge in [-0.2, -0.15) is 5.10 Å². The Bertz CT molecular complexity index is 297. The van der Waals surface area contributed by atoms with Crippen LogP contribution < -0.4 is 5.73 Å². The molecule has 0 radical (unpaired) electrons. The summed E-state index contributed by atoms with van der Waals surface area (Å²) in [5.74, 6) is 0.731. The third-order valence-corrected chi connectivity index (χ3v) is 2.99. The minimum atomic E-state index is 0.100. The van der Waals surface area contributed by atoms with Gasteiger partial charge in [0.25, 0.3) is 0 Å². The van der Waals surface area contributed by atoms with E-state index in [1.807, 2.05) is 24.9 Å². The van der Waals surface area contributed by atoms with Crippen LogP contribution in [0.4, 0.5) is 0 Å². The molecule has 1 saturated carbocycles. The van der Waals surface area contributed by atoms with Gasteiger partial charge >= 0.3 is 0 Å². The largest absolute Gasteiger partial charge is 0.323 e. The van der Waals surface area contributed by atoms with Crippen LogP contribution in [0.5, 0.6) is 0 Å². The molecule has 72 valence electrons. The maximum atomic E-state index is 5.92. The van der Waals surface area contributed by atoms with Crippen molar-refractivity contribution in [1.29, 1.82) is 0 Å². The predicted octanol–water partition coefficient (Wildman–Crippen LogP) is 1.71. The van der Waals surface area contributed by atoms with E-state index in [1.165, 1.54) is 30.5 Å². The van der Waals surface area contributed by atoms with Gasteiger partial charge < -0.3 is 5.73 Å². The Balaban J connectivity index is 2.33. The van der Waals surface area contributed by atoms with E-state index in [0.29, 0.717) is 0 Å². The molecule has 0 amide bonds. The van der Waals surface area contributed by atoms with E-state index < -0.39 is 0 Å². The summed E-state index contributed by atoms with van der Waals surface area (Å²) in [6.07, 6.45) is 5.97. The second-order valence-electron chi connectivity index (χ2n) is 4.03. The summed E-state index contributed by atoms with van der Waals surface area (Å²) in [5, 5.41) is 4.28. The zero-order valence-electron chi connectivity index (χ0n) is 8.33. The van der Waals surface area contributed by atoms with Crippen molar-refractivity contribution in [3.63, 3.8) is 0 Å². The van der Waals surface area contributed by atoms with Gasteiger partial charge in [-0.3, -0.25) is 4.68 Å². The quantitative estimate of drug-likeness (QED) is 0.751. The molecule has 1 unspecified atom stereocenters. The highest BCUT2D eigenvalue weighted by Gasteiger charge is 2.25. The second kappa shape index (κ2) is 3.14. The molecule has 2 rings (SSSR count). The van der Waals surface area contributed by atoms with Crippen LogP contribution in [-0.4, -0.2) is 9.78 Å². The van der Waals surface area contributed by atoms with Crippen molar-refractivity contribution < 1.29 is 0 Å². The van der Waals surface area contributed by atoms with Crippen molar-refractivity contribution in [1.82, 2.24) is 9.78 Å². The number of nitrogens with zero attached hydrogens (tertiary/aromatic N) is 2. The number of hydrogen-bond donors (Lipinski definition) is 1. The van der Waals surface area contributed by atoms with Gasteiger partial charge in [0.1, 0.15) is 0 Å². The molecule has 0 bridgehead atoms. The molecule has 1 aliphatic rings. The Labute approximate surface area is 78.9 Å². The topological polar surface area (TPSA) is 43.8 Å². The van der Waals surface area contributed by atoms with E-state index in [0.717, 1.165) is 5.92 Å². The van der Waals surface area contributed by atoms with E-state index in [1.54, 1.807) is 0 Å². The summed E-state index contributed by atoms with van der Waals surface area (Å²) < 4.78 is 1.92. The summed E-state index contributed by atoms with van der Waals surface area (Å²) in [4.78, 5) is 0. The first-order chi connectivity index (χ1) is 6.20. The van der Waals surface area contributed by atoms with E-state index in [9.17, 15) is 0 Å². The summed E-state index contributed by atoms with van der Waals surface area (Å²) in [6, 6.07) is 0.100. The summed E-state index contributed by atoms with van der Waals surface area (Å²) in [6.45, 7) is 2.03. The van der Waals surface area contributed by atoms with Gasteiger partial charge in [-0.05, 0) is 31.2 Å². The van der Waals surface area contributed by atoms with Crippen LogP contribution in [0.15, 0.2) is 6.20 Å². The third kappa shape index (κ3) is 1.37. The molecule has 1 aliphatic carbocycles. The molecule has 13 heavy (non-hydrogen) atoms. The number of nitrogens with two attached hydrogens (primary N) is 1. The SMILES string of the molecule is CC(N)c1c(C2CCC2)cnn1C. The lowest BCUT2D eigenvalue weighted by molar-refractivity contribution is 0.414. The Morgan fingerprint density at radius 1 is 1.62 bits per heavy atom.